The number of nitrogens with one attached hydrogen (secondary N) is 1. The molecule has 0 bridgehead atoms. The maximum absolute atomic E-state index is 12.3. The Bertz CT molecular complexity index is 625. The molecule has 4 nitrogen and oxygen atoms in total. The van der Waals surface area contributed by atoms with Crippen molar-refractivity contribution in [1.82, 2.24) is 4.72 Å². The van der Waals surface area contributed by atoms with Crippen molar-refractivity contribution in [3.05, 3.63) is 22.7 Å². The molecule has 1 aliphatic rings. The highest BCUT2D eigenvalue weighted by Crippen LogP contribution is 2.67. The Morgan fingerprint density at radius 2 is 1.80 bits per heavy atom. The molecular formula is C14H21BrN2O2S. The van der Waals surface area contributed by atoms with Gasteiger partial charge >= 0.3 is 0 Å². The standard InChI is InChI=1S/C14H21BrN2O2S/c1-13(2)12(14(13,3)4)8-17-20(18,19)11-6-5-9(15)7-10(11)16/h5-7,12,17H,8,16H2,1-4H3. The third-order valence-electron chi connectivity index (χ3n) is 5.06. The smallest absolute Gasteiger partial charge is 0.242 e. The van der Waals surface area contributed by atoms with Crippen LogP contribution in [-0.2, 0) is 10.0 Å². The third kappa shape index (κ3) is 2.49. The van der Waals surface area contributed by atoms with E-state index in [1.807, 2.05) is 0 Å². The fourth-order valence-electron chi connectivity index (χ4n) is 2.88. The lowest BCUT2D eigenvalue weighted by Gasteiger charge is -2.10. The van der Waals surface area contributed by atoms with Crippen LogP contribution in [0.25, 0.3) is 0 Å². The minimum atomic E-state index is -3.56. The van der Waals surface area contributed by atoms with E-state index in [2.05, 4.69) is 48.3 Å². The summed E-state index contributed by atoms with van der Waals surface area (Å²) >= 11 is 3.27. The number of nitrogen functional groups attached to an aromatic ring is 1. The van der Waals surface area contributed by atoms with E-state index < -0.39 is 10.0 Å². The van der Waals surface area contributed by atoms with Gasteiger partial charge in [0.05, 0.1) is 5.69 Å². The van der Waals surface area contributed by atoms with Gasteiger partial charge in [-0.2, -0.15) is 0 Å². The van der Waals surface area contributed by atoms with Crippen LogP contribution in [0.1, 0.15) is 27.7 Å². The first-order valence-electron chi connectivity index (χ1n) is 6.55. The van der Waals surface area contributed by atoms with Crippen molar-refractivity contribution in [2.75, 3.05) is 12.3 Å². The first-order chi connectivity index (χ1) is 9.00. The Balaban J connectivity index is 2.14. The molecule has 1 aliphatic carbocycles. The van der Waals surface area contributed by atoms with E-state index >= 15 is 0 Å². The van der Waals surface area contributed by atoms with Gasteiger partial charge in [-0.15, -0.1) is 0 Å². The minimum absolute atomic E-state index is 0.136. The zero-order valence-corrected chi connectivity index (χ0v) is 14.6. The summed E-state index contributed by atoms with van der Waals surface area (Å²) in [6.45, 7) is 9.11. The summed E-state index contributed by atoms with van der Waals surface area (Å²) in [4.78, 5) is 0.136. The number of hydrogen-bond donors (Lipinski definition) is 2. The van der Waals surface area contributed by atoms with E-state index in [4.69, 9.17) is 5.73 Å². The van der Waals surface area contributed by atoms with Crippen LogP contribution in [0.15, 0.2) is 27.6 Å². The van der Waals surface area contributed by atoms with Crippen molar-refractivity contribution in [3.63, 3.8) is 0 Å². The first-order valence-corrected chi connectivity index (χ1v) is 8.82. The van der Waals surface area contributed by atoms with E-state index in [1.165, 1.54) is 6.07 Å². The Labute approximate surface area is 129 Å². The molecule has 0 aliphatic heterocycles. The van der Waals surface area contributed by atoms with Crippen LogP contribution in [0.3, 0.4) is 0 Å². The summed E-state index contributed by atoms with van der Waals surface area (Å²) in [7, 11) is -3.56. The van der Waals surface area contributed by atoms with Crippen molar-refractivity contribution in [2.24, 2.45) is 16.7 Å². The van der Waals surface area contributed by atoms with Gasteiger partial charge in [-0.25, -0.2) is 13.1 Å². The van der Waals surface area contributed by atoms with Crippen LogP contribution < -0.4 is 10.5 Å². The Kier molecular flexibility index (Phi) is 3.72. The molecule has 0 aromatic heterocycles. The summed E-state index contributed by atoms with van der Waals surface area (Å²) in [6.07, 6.45) is 0. The molecule has 0 atom stereocenters. The van der Waals surface area contributed by atoms with E-state index in [-0.39, 0.29) is 21.4 Å². The zero-order chi connectivity index (χ0) is 15.3. The fraction of sp³-hybridized carbons (Fsp3) is 0.571. The first kappa shape index (κ1) is 15.8. The van der Waals surface area contributed by atoms with Crippen molar-refractivity contribution >= 4 is 31.6 Å². The van der Waals surface area contributed by atoms with Gasteiger partial charge in [-0.1, -0.05) is 43.6 Å². The van der Waals surface area contributed by atoms with Gasteiger partial charge in [-0.05, 0) is 34.9 Å². The van der Waals surface area contributed by atoms with Crippen LogP contribution in [-0.4, -0.2) is 15.0 Å². The lowest BCUT2D eigenvalue weighted by atomic mass is 10.0. The van der Waals surface area contributed by atoms with E-state index in [0.29, 0.717) is 12.5 Å². The summed E-state index contributed by atoms with van der Waals surface area (Å²) in [5.74, 6) is 0.335. The normalized spacial score (nSPS) is 20.9. The second-order valence-corrected chi connectivity index (χ2v) is 9.18. The highest BCUT2D eigenvalue weighted by molar-refractivity contribution is 9.10. The highest BCUT2D eigenvalue weighted by Gasteiger charge is 2.64. The lowest BCUT2D eigenvalue weighted by Crippen LogP contribution is -2.28. The molecule has 0 spiro atoms. The van der Waals surface area contributed by atoms with Crippen molar-refractivity contribution < 1.29 is 8.42 Å². The molecule has 1 aromatic carbocycles. The van der Waals surface area contributed by atoms with Gasteiger partial charge in [0.25, 0.3) is 0 Å². The maximum Gasteiger partial charge on any atom is 0.242 e. The van der Waals surface area contributed by atoms with Crippen LogP contribution in [0.2, 0.25) is 0 Å². The van der Waals surface area contributed by atoms with Gasteiger partial charge in [0, 0.05) is 11.0 Å². The van der Waals surface area contributed by atoms with E-state index in [9.17, 15) is 8.42 Å². The van der Waals surface area contributed by atoms with Gasteiger partial charge in [0.2, 0.25) is 10.0 Å². The number of sulfonamides is 1. The fourth-order valence-corrected chi connectivity index (χ4v) is 4.42. The number of nitrogens with two attached hydrogens (primary N) is 1. The summed E-state index contributed by atoms with van der Waals surface area (Å²) in [5.41, 5.74) is 6.35. The molecule has 2 rings (SSSR count). The summed E-state index contributed by atoms with van der Waals surface area (Å²) in [5, 5.41) is 0. The molecule has 0 unspecified atom stereocenters. The van der Waals surface area contributed by atoms with E-state index in [1.54, 1.807) is 12.1 Å². The van der Waals surface area contributed by atoms with Crippen molar-refractivity contribution in [3.8, 4) is 0 Å². The van der Waals surface area contributed by atoms with Gasteiger partial charge in [0.15, 0.2) is 0 Å². The van der Waals surface area contributed by atoms with Crippen molar-refractivity contribution in [1.29, 1.82) is 0 Å². The van der Waals surface area contributed by atoms with Crippen LogP contribution in [0, 0.1) is 16.7 Å². The molecule has 112 valence electrons. The molecule has 0 heterocycles. The molecular weight excluding hydrogens is 340 g/mol. The quantitative estimate of drug-likeness (QED) is 0.810. The summed E-state index contributed by atoms with van der Waals surface area (Å²) < 4.78 is 28.1. The molecule has 0 saturated heterocycles. The average Bonchev–Trinajstić information content (AvgIpc) is 2.66. The Hall–Kier alpha value is -0.590. The molecule has 20 heavy (non-hydrogen) atoms. The van der Waals surface area contributed by atoms with Crippen molar-refractivity contribution in [2.45, 2.75) is 32.6 Å². The van der Waals surface area contributed by atoms with Gasteiger partial charge < -0.3 is 5.73 Å². The van der Waals surface area contributed by atoms with Gasteiger partial charge in [0.1, 0.15) is 4.90 Å². The predicted octanol–water partition coefficient (Wildman–Crippen LogP) is 2.99. The molecule has 3 N–H and O–H groups in total. The van der Waals surface area contributed by atoms with Crippen LogP contribution >= 0.6 is 15.9 Å². The molecule has 1 saturated carbocycles. The van der Waals surface area contributed by atoms with Gasteiger partial charge in [-0.3, -0.25) is 0 Å². The van der Waals surface area contributed by atoms with Crippen LogP contribution in [0.4, 0.5) is 5.69 Å². The monoisotopic (exact) mass is 360 g/mol. The lowest BCUT2D eigenvalue weighted by molar-refractivity contribution is 0.457. The van der Waals surface area contributed by atoms with E-state index in [0.717, 1.165) is 4.47 Å². The van der Waals surface area contributed by atoms with Crippen LogP contribution in [0.5, 0.6) is 0 Å². The number of halogens is 1. The summed E-state index contributed by atoms with van der Waals surface area (Å²) in [6, 6.07) is 4.79. The second kappa shape index (κ2) is 4.71. The largest absolute Gasteiger partial charge is 0.398 e. The number of benzene rings is 1. The SMILES string of the molecule is CC1(C)C(CNS(=O)(=O)c2ccc(Br)cc2N)C1(C)C. The number of rotatable bonds is 4. The molecule has 0 amide bonds. The minimum Gasteiger partial charge on any atom is -0.398 e. The highest BCUT2D eigenvalue weighted by atomic mass is 79.9. The molecule has 1 aromatic rings. The maximum atomic E-state index is 12.3. The Morgan fingerprint density at radius 3 is 2.25 bits per heavy atom. The zero-order valence-electron chi connectivity index (χ0n) is 12.2. The predicted molar refractivity (Wildman–Crippen MR) is 84.8 cm³/mol. The topological polar surface area (TPSA) is 72.2 Å². The molecule has 0 radical (unpaired) electrons. The third-order valence-corrected chi connectivity index (χ3v) is 7.05. The molecule has 6 heteroatoms. The Morgan fingerprint density at radius 1 is 1.25 bits per heavy atom. The number of hydrogen-bond acceptors (Lipinski definition) is 3. The molecule has 1 fully saturated rings. The number of anilines is 1. The second-order valence-electron chi connectivity index (χ2n) is 6.53. The average molecular weight is 361 g/mol.